The second-order valence-electron chi connectivity index (χ2n) is 3.94. The quantitative estimate of drug-likeness (QED) is 0.659. The second kappa shape index (κ2) is 5.81. The van der Waals surface area contributed by atoms with Gasteiger partial charge in [0.05, 0.1) is 17.4 Å². The number of rotatable bonds is 5. The molecule has 6 heteroatoms. The van der Waals surface area contributed by atoms with Crippen LogP contribution in [0.2, 0.25) is 0 Å². The number of carbonyl (C=O) groups is 1. The first-order valence-corrected chi connectivity index (χ1v) is 5.70. The minimum atomic E-state index is -0.526. The molecular weight excluding hydrogens is 248 g/mol. The Morgan fingerprint density at radius 3 is 2.89 bits per heavy atom. The van der Waals surface area contributed by atoms with Crippen LogP contribution in [0.15, 0.2) is 47.3 Å². The number of hydrogen-bond donors (Lipinski definition) is 1. The molecule has 1 amide bonds. The Kier molecular flexibility index (Phi) is 3.92. The molecule has 1 heterocycles. The van der Waals surface area contributed by atoms with Crippen molar-refractivity contribution in [1.82, 2.24) is 5.32 Å². The van der Waals surface area contributed by atoms with Gasteiger partial charge < -0.3 is 9.73 Å². The molecule has 0 bridgehead atoms. The zero-order chi connectivity index (χ0) is 13.7. The normalized spacial score (nSPS) is 10.1. The fourth-order valence-corrected chi connectivity index (χ4v) is 1.62. The smallest absolute Gasteiger partial charge is 0.270 e. The maximum atomic E-state index is 11.8. The van der Waals surface area contributed by atoms with Crippen molar-refractivity contribution in [2.24, 2.45) is 0 Å². The van der Waals surface area contributed by atoms with E-state index in [0.29, 0.717) is 13.0 Å². The van der Waals surface area contributed by atoms with E-state index in [9.17, 15) is 14.9 Å². The second-order valence-corrected chi connectivity index (χ2v) is 3.94. The molecule has 0 saturated heterocycles. The molecule has 6 nitrogen and oxygen atoms in total. The number of nitro benzene ring substituents is 1. The minimum absolute atomic E-state index is 0.0949. The Bertz CT molecular complexity index is 578. The van der Waals surface area contributed by atoms with E-state index < -0.39 is 4.92 Å². The highest BCUT2D eigenvalue weighted by molar-refractivity contribution is 5.94. The standard InChI is InChI=1S/C13H12N2O4/c16-13(14-6-4-10-5-7-19-9-10)11-2-1-3-12(8-11)15(17)18/h1-3,5,7-9H,4,6H2,(H,14,16). The molecule has 0 spiro atoms. The number of non-ortho nitro benzene ring substituents is 1. The highest BCUT2D eigenvalue weighted by atomic mass is 16.6. The summed E-state index contributed by atoms with van der Waals surface area (Å²) in [5.74, 6) is -0.327. The number of nitro groups is 1. The largest absolute Gasteiger partial charge is 0.472 e. The number of furan rings is 1. The number of nitrogens with zero attached hydrogens (tertiary/aromatic N) is 1. The molecule has 1 aromatic heterocycles. The molecule has 0 saturated carbocycles. The molecule has 0 aliphatic heterocycles. The van der Waals surface area contributed by atoms with Crippen LogP contribution in [0.4, 0.5) is 5.69 Å². The fraction of sp³-hybridized carbons (Fsp3) is 0.154. The van der Waals surface area contributed by atoms with Crippen molar-refractivity contribution in [3.8, 4) is 0 Å². The first-order valence-electron chi connectivity index (χ1n) is 5.70. The summed E-state index contributed by atoms with van der Waals surface area (Å²) in [6, 6.07) is 7.46. The summed E-state index contributed by atoms with van der Waals surface area (Å²) in [7, 11) is 0. The van der Waals surface area contributed by atoms with Gasteiger partial charge in [-0.1, -0.05) is 6.07 Å². The molecule has 19 heavy (non-hydrogen) atoms. The maximum Gasteiger partial charge on any atom is 0.270 e. The van der Waals surface area contributed by atoms with Crippen molar-refractivity contribution >= 4 is 11.6 Å². The third kappa shape index (κ3) is 3.41. The van der Waals surface area contributed by atoms with Crippen molar-refractivity contribution in [2.75, 3.05) is 6.54 Å². The lowest BCUT2D eigenvalue weighted by atomic mass is 10.2. The first-order chi connectivity index (χ1) is 9.16. The summed E-state index contributed by atoms with van der Waals surface area (Å²) >= 11 is 0. The predicted molar refractivity (Wildman–Crippen MR) is 67.8 cm³/mol. The Labute approximate surface area is 109 Å². The van der Waals surface area contributed by atoms with Crippen molar-refractivity contribution in [3.05, 3.63) is 64.1 Å². The van der Waals surface area contributed by atoms with E-state index >= 15 is 0 Å². The predicted octanol–water partition coefficient (Wildman–Crippen LogP) is 2.16. The number of amides is 1. The lowest BCUT2D eigenvalue weighted by molar-refractivity contribution is -0.384. The van der Waals surface area contributed by atoms with Gasteiger partial charge in [-0.25, -0.2) is 0 Å². The summed E-state index contributed by atoms with van der Waals surface area (Å²) in [5, 5.41) is 13.3. The zero-order valence-electron chi connectivity index (χ0n) is 10.0. The van der Waals surface area contributed by atoms with Crippen LogP contribution in [-0.4, -0.2) is 17.4 Å². The van der Waals surface area contributed by atoms with Gasteiger partial charge in [0.1, 0.15) is 0 Å². The highest BCUT2D eigenvalue weighted by Gasteiger charge is 2.10. The summed E-state index contributed by atoms with van der Waals surface area (Å²) < 4.78 is 4.91. The molecule has 2 rings (SSSR count). The van der Waals surface area contributed by atoms with Crippen LogP contribution in [0.3, 0.4) is 0 Å². The maximum absolute atomic E-state index is 11.8. The third-order valence-corrected chi connectivity index (χ3v) is 2.60. The van der Waals surface area contributed by atoms with E-state index in [2.05, 4.69) is 5.32 Å². The Balaban J connectivity index is 1.92. The summed E-state index contributed by atoms with van der Waals surface area (Å²) in [6.07, 6.45) is 3.83. The Morgan fingerprint density at radius 2 is 2.21 bits per heavy atom. The van der Waals surface area contributed by atoms with Crippen LogP contribution in [0.25, 0.3) is 0 Å². The van der Waals surface area contributed by atoms with Crippen LogP contribution >= 0.6 is 0 Å². The molecule has 0 fully saturated rings. The van der Waals surface area contributed by atoms with Gasteiger partial charge in [0, 0.05) is 24.2 Å². The highest BCUT2D eigenvalue weighted by Crippen LogP contribution is 2.12. The molecule has 0 aliphatic rings. The van der Waals surface area contributed by atoms with Gasteiger partial charge in [-0.2, -0.15) is 0 Å². The van der Waals surface area contributed by atoms with Gasteiger partial charge >= 0.3 is 0 Å². The van der Waals surface area contributed by atoms with E-state index in [1.807, 2.05) is 6.07 Å². The topological polar surface area (TPSA) is 85.4 Å². The van der Waals surface area contributed by atoms with Gasteiger partial charge in [0.25, 0.3) is 11.6 Å². The van der Waals surface area contributed by atoms with Crippen molar-refractivity contribution in [3.63, 3.8) is 0 Å². The Hall–Kier alpha value is -2.63. The minimum Gasteiger partial charge on any atom is -0.472 e. The molecule has 98 valence electrons. The average Bonchev–Trinajstić information content (AvgIpc) is 2.92. The van der Waals surface area contributed by atoms with Crippen LogP contribution in [0.1, 0.15) is 15.9 Å². The third-order valence-electron chi connectivity index (χ3n) is 2.60. The van der Waals surface area contributed by atoms with Crippen LogP contribution in [0, 0.1) is 10.1 Å². The average molecular weight is 260 g/mol. The summed E-state index contributed by atoms with van der Waals surface area (Å²) in [6.45, 7) is 0.445. The lowest BCUT2D eigenvalue weighted by Crippen LogP contribution is -2.25. The summed E-state index contributed by atoms with van der Waals surface area (Å²) in [4.78, 5) is 21.9. The van der Waals surface area contributed by atoms with Crippen LogP contribution in [0.5, 0.6) is 0 Å². The van der Waals surface area contributed by atoms with E-state index in [-0.39, 0.29) is 17.2 Å². The summed E-state index contributed by atoms with van der Waals surface area (Å²) in [5.41, 5.74) is 1.17. The van der Waals surface area contributed by atoms with Crippen molar-refractivity contribution < 1.29 is 14.1 Å². The molecule has 1 aromatic carbocycles. The number of carbonyl (C=O) groups excluding carboxylic acids is 1. The van der Waals surface area contributed by atoms with E-state index in [4.69, 9.17) is 4.42 Å². The molecule has 0 aliphatic carbocycles. The molecule has 1 N–H and O–H groups in total. The molecule has 0 unspecified atom stereocenters. The lowest BCUT2D eigenvalue weighted by Gasteiger charge is -2.04. The van der Waals surface area contributed by atoms with Crippen LogP contribution in [-0.2, 0) is 6.42 Å². The molecule has 0 radical (unpaired) electrons. The Morgan fingerprint density at radius 1 is 1.37 bits per heavy atom. The number of benzene rings is 1. The zero-order valence-corrected chi connectivity index (χ0v) is 10.0. The van der Waals surface area contributed by atoms with E-state index in [0.717, 1.165) is 5.56 Å². The molecule has 0 atom stereocenters. The fourth-order valence-electron chi connectivity index (χ4n) is 1.62. The van der Waals surface area contributed by atoms with Gasteiger partial charge in [0.2, 0.25) is 0 Å². The van der Waals surface area contributed by atoms with Crippen molar-refractivity contribution in [1.29, 1.82) is 0 Å². The monoisotopic (exact) mass is 260 g/mol. The SMILES string of the molecule is O=C(NCCc1ccoc1)c1cccc([N+](=O)[O-])c1. The van der Waals surface area contributed by atoms with E-state index in [1.54, 1.807) is 18.6 Å². The number of nitrogens with one attached hydrogen (secondary N) is 1. The first kappa shape index (κ1) is 12.8. The van der Waals surface area contributed by atoms with Crippen molar-refractivity contribution in [2.45, 2.75) is 6.42 Å². The number of hydrogen-bond acceptors (Lipinski definition) is 4. The molecule has 2 aromatic rings. The molecular formula is C13H12N2O4. The van der Waals surface area contributed by atoms with Gasteiger partial charge in [-0.3, -0.25) is 14.9 Å². The van der Waals surface area contributed by atoms with E-state index in [1.165, 1.54) is 18.2 Å². The van der Waals surface area contributed by atoms with Gasteiger partial charge in [-0.05, 0) is 24.1 Å². The van der Waals surface area contributed by atoms with Gasteiger partial charge in [-0.15, -0.1) is 0 Å². The van der Waals surface area contributed by atoms with Gasteiger partial charge in [0.15, 0.2) is 0 Å². The van der Waals surface area contributed by atoms with Crippen LogP contribution < -0.4 is 5.32 Å².